The summed E-state index contributed by atoms with van der Waals surface area (Å²) < 4.78 is 16.2. The minimum Gasteiger partial charge on any atom is -0.494 e. The van der Waals surface area contributed by atoms with Gasteiger partial charge in [-0.3, -0.25) is 4.79 Å². The Morgan fingerprint density at radius 3 is 2.71 bits per heavy atom. The van der Waals surface area contributed by atoms with Crippen LogP contribution in [0.25, 0.3) is 0 Å². The van der Waals surface area contributed by atoms with E-state index in [1.807, 2.05) is 30.3 Å². The number of carbonyl (C=O) groups is 1. The van der Waals surface area contributed by atoms with Gasteiger partial charge in [0.25, 0.3) is 5.91 Å². The monoisotopic (exact) mass is 327 g/mol. The van der Waals surface area contributed by atoms with Gasteiger partial charge >= 0.3 is 0 Å². The molecule has 0 bridgehead atoms. The van der Waals surface area contributed by atoms with Crippen molar-refractivity contribution in [2.75, 3.05) is 19.9 Å². The van der Waals surface area contributed by atoms with Crippen LogP contribution in [0, 0.1) is 0 Å². The van der Waals surface area contributed by atoms with Crippen molar-refractivity contribution in [3.8, 4) is 17.2 Å². The van der Waals surface area contributed by atoms with E-state index >= 15 is 0 Å². The first-order chi connectivity index (χ1) is 11.8. The van der Waals surface area contributed by atoms with Gasteiger partial charge in [0.2, 0.25) is 6.79 Å². The van der Waals surface area contributed by atoms with Crippen LogP contribution >= 0.6 is 0 Å². The van der Waals surface area contributed by atoms with E-state index < -0.39 is 0 Å². The zero-order valence-electron chi connectivity index (χ0n) is 13.7. The number of nitrogens with one attached hydrogen (secondary N) is 1. The van der Waals surface area contributed by atoms with Crippen molar-refractivity contribution in [3.63, 3.8) is 0 Å². The Kier molecular flexibility index (Phi) is 5.21. The molecule has 1 N–H and O–H groups in total. The molecular weight excluding hydrogens is 306 g/mol. The molecule has 2 aromatic rings. The molecule has 24 heavy (non-hydrogen) atoms. The predicted molar refractivity (Wildman–Crippen MR) is 90.8 cm³/mol. The van der Waals surface area contributed by atoms with Gasteiger partial charge < -0.3 is 19.5 Å². The lowest BCUT2D eigenvalue weighted by molar-refractivity contribution is 0.0954. The van der Waals surface area contributed by atoms with Crippen molar-refractivity contribution >= 4 is 5.91 Å². The molecule has 0 atom stereocenters. The van der Waals surface area contributed by atoms with E-state index in [1.165, 1.54) is 0 Å². The van der Waals surface area contributed by atoms with Crippen molar-refractivity contribution in [3.05, 3.63) is 53.6 Å². The van der Waals surface area contributed by atoms with Gasteiger partial charge in [0.1, 0.15) is 5.75 Å². The molecule has 1 amide bonds. The topological polar surface area (TPSA) is 56.8 Å². The minimum absolute atomic E-state index is 0.0854. The molecule has 2 aromatic carbocycles. The standard InChI is InChI=1S/C19H21NO4/c1-2-11-22-16-6-4-15(5-7-16)19(21)20-10-9-14-3-8-17-18(12-14)24-13-23-17/h3-8,12H,2,9-11,13H2,1H3,(H,20,21). The number of rotatable bonds is 7. The summed E-state index contributed by atoms with van der Waals surface area (Å²) in [6.45, 7) is 3.57. The predicted octanol–water partition coefficient (Wildman–Crippen LogP) is 3.18. The Morgan fingerprint density at radius 2 is 1.92 bits per heavy atom. The van der Waals surface area contributed by atoms with Crippen LogP contribution in [0.5, 0.6) is 17.2 Å². The lowest BCUT2D eigenvalue weighted by atomic mass is 10.1. The highest BCUT2D eigenvalue weighted by molar-refractivity contribution is 5.94. The third kappa shape index (κ3) is 3.98. The van der Waals surface area contributed by atoms with Crippen LogP contribution in [-0.2, 0) is 6.42 Å². The quantitative estimate of drug-likeness (QED) is 0.848. The van der Waals surface area contributed by atoms with Gasteiger partial charge in [-0.2, -0.15) is 0 Å². The third-order valence-corrected chi connectivity index (χ3v) is 3.73. The number of hydrogen-bond acceptors (Lipinski definition) is 4. The van der Waals surface area contributed by atoms with Crippen LogP contribution in [0.1, 0.15) is 29.3 Å². The highest BCUT2D eigenvalue weighted by Gasteiger charge is 2.13. The molecular formula is C19H21NO4. The fraction of sp³-hybridized carbons (Fsp3) is 0.316. The molecule has 5 heteroatoms. The van der Waals surface area contributed by atoms with Crippen molar-refractivity contribution in [2.45, 2.75) is 19.8 Å². The summed E-state index contributed by atoms with van der Waals surface area (Å²) in [4.78, 5) is 12.2. The SMILES string of the molecule is CCCOc1ccc(C(=O)NCCc2ccc3c(c2)OCO3)cc1. The molecule has 0 aromatic heterocycles. The summed E-state index contributed by atoms with van der Waals surface area (Å²) in [7, 11) is 0. The van der Waals surface area contributed by atoms with E-state index in [0.717, 1.165) is 35.7 Å². The van der Waals surface area contributed by atoms with Gasteiger partial charge in [-0.05, 0) is 54.8 Å². The average molecular weight is 327 g/mol. The summed E-state index contributed by atoms with van der Waals surface area (Å²) in [5.41, 5.74) is 1.73. The Balaban J connectivity index is 1.48. The molecule has 0 spiro atoms. The zero-order valence-corrected chi connectivity index (χ0v) is 13.7. The van der Waals surface area contributed by atoms with Crippen molar-refractivity contribution in [1.29, 1.82) is 0 Å². The first kappa shape index (κ1) is 16.2. The van der Waals surface area contributed by atoms with E-state index in [-0.39, 0.29) is 12.7 Å². The number of benzene rings is 2. The largest absolute Gasteiger partial charge is 0.494 e. The Morgan fingerprint density at radius 1 is 1.12 bits per heavy atom. The zero-order chi connectivity index (χ0) is 16.8. The van der Waals surface area contributed by atoms with Gasteiger partial charge in [0, 0.05) is 12.1 Å². The third-order valence-electron chi connectivity index (χ3n) is 3.73. The Bertz CT molecular complexity index is 697. The summed E-state index contributed by atoms with van der Waals surface area (Å²) in [6, 6.07) is 13.0. The van der Waals surface area contributed by atoms with Gasteiger partial charge in [-0.25, -0.2) is 0 Å². The van der Waals surface area contributed by atoms with E-state index in [2.05, 4.69) is 12.2 Å². The summed E-state index contributed by atoms with van der Waals surface area (Å²) in [6.07, 6.45) is 1.70. The van der Waals surface area contributed by atoms with Crippen LogP contribution in [-0.4, -0.2) is 25.9 Å². The first-order valence-corrected chi connectivity index (χ1v) is 8.16. The van der Waals surface area contributed by atoms with Gasteiger partial charge in [-0.15, -0.1) is 0 Å². The van der Waals surface area contributed by atoms with Gasteiger partial charge in [0.05, 0.1) is 6.61 Å². The van der Waals surface area contributed by atoms with E-state index in [0.29, 0.717) is 18.7 Å². The molecule has 5 nitrogen and oxygen atoms in total. The highest BCUT2D eigenvalue weighted by atomic mass is 16.7. The van der Waals surface area contributed by atoms with Gasteiger partial charge in [0.15, 0.2) is 11.5 Å². The van der Waals surface area contributed by atoms with E-state index in [9.17, 15) is 4.79 Å². The number of hydrogen-bond donors (Lipinski definition) is 1. The second-order valence-corrected chi connectivity index (χ2v) is 5.57. The second kappa shape index (κ2) is 7.73. The van der Waals surface area contributed by atoms with Gasteiger partial charge in [-0.1, -0.05) is 13.0 Å². The first-order valence-electron chi connectivity index (χ1n) is 8.16. The summed E-state index contributed by atoms with van der Waals surface area (Å²) in [5.74, 6) is 2.24. The smallest absolute Gasteiger partial charge is 0.251 e. The summed E-state index contributed by atoms with van der Waals surface area (Å²) in [5, 5.41) is 2.93. The molecule has 1 aliphatic heterocycles. The maximum absolute atomic E-state index is 12.2. The molecule has 0 unspecified atom stereocenters. The minimum atomic E-state index is -0.0854. The lowest BCUT2D eigenvalue weighted by Crippen LogP contribution is -2.25. The van der Waals surface area contributed by atoms with Crippen molar-refractivity contribution < 1.29 is 19.0 Å². The normalized spacial score (nSPS) is 12.0. The van der Waals surface area contributed by atoms with Crippen LogP contribution in [0.3, 0.4) is 0 Å². The molecule has 1 aliphatic rings. The van der Waals surface area contributed by atoms with Crippen LogP contribution in [0.4, 0.5) is 0 Å². The molecule has 0 fully saturated rings. The van der Waals surface area contributed by atoms with E-state index in [1.54, 1.807) is 12.1 Å². The molecule has 0 aliphatic carbocycles. The molecule has 3 rings (SSSR count). The number of ether oxygens (including phenoxy) is 3. The highest BCUT2D eigenvalue weighted by Crippen LogP contribution is 2.32. The number of fused-ring (bicyclic) bond motifs is 1. The van der Waals surface area contributed by atoms with Crippen LogP contribution in [0.2, 0.25) is 0 Å². The van der Waals surface area contributed by atoms with E-state index in [4.69, 9.17) is 14.2 Å². The fourth-order valence-corrected chi connectivity index (χ4v) is 2.44. The maximum Gasteiger partial charge on any atom is 0.251 e. The molecule has 126 valence electrons. The second-order valence-electron chi connectivity index (χ2n) is 5.57. The molecule has 0 saturated heterocycles. The van der Waals surface area contributed by atoms with Crippen molar-refractivity contribution in [2.24, 2.45) is 0 Å². The molecule has 0 saturated carbocycles. The van der Waals surface area contributed by atoms with Crippen LogP contribution < -0.4 is 19.5 Å². The summed E-state index contributed by atoms with van der Waals surface area (Å²) >= 11 is 0. The van der Waals surface area contributed by atoms with Crippen LogP contribution in [0.15, 0.2) is 42.5 Å². The molecule has 1 heterocycles. The Hall–Kier alpha value is -2.69. The fourth-order valence-electron chi connectivity index (χ4n) is 2.44. The molecule has 0 radical (unpaired) electrons. The number of carbonyl (C=O) groups excluding carboxylic acids is 1. The average Bonchev–Trinajstić information content (AvgIpc) is 3.08. The Labute approximate surface area is 141 Å². The van der Waals surface area contributed by atoms with Crippen molar-refractivity contribution in [1.82, 2.24) is 5.32 Å². The lowest BCUT2D eigenvalue weighted by Gasteiger charge is -2.08. The number of amides is 1. The maximum atomic E-state index is 12.2.